The van der Waals surface area contributed by atoms with Gasteiger partial charge in [-0.1, -0.05) is 12.1 Å². The maximum Gasteiger partial charge on any atom is 0.273 e. The third-order valence-electron chi connectivity index (χ3n) is 3.51. The number of amides is 1. The molecule has 0 bridgehead atoms. The van der Waals surface area contributed by atoms with E-state index in [0.29, 0.717) is 11.1 Å². The summed E-state index contributed by atoms with van der Waals surface area (Å²) >= 11 is 1.58. The maximum absolute atomic E-state index is 12.5. The van der Waals surface area contributed by atoms with E-state index in [2.05, 4.69) is 0 Å². The molecule has 0 fully saturated rings. The lowest BCUT2D eigenvalue weighted by Crippen LogP contribution is -2.29. The van der Waals surface area contributed by atoms with Gasteiger partial charge >= 0.3 is 0 Å². The first-order valence-corrected chi connectivity index (χ1v) is 7.35. The molecule has 2 rings (SSSR count). The number of nitrogens with zero attached hydrogens (tertiary/aromatic N) is 2. The van der Waals surface area contributed by atoms with Crippen molar-refractivity contribution in [1.29, 1.82) is 0 Å². The number of hydrogen-bond donors (Lipinski definition) is 0. The van der Waals surface area contributed by atoms with Crippen LogP contribution in [0.4, 0.5) is 5.69 Å². The van der Waals surface area contributed by atoms with Crippen molar-refractivity contribution in [3.05, 3.63) is 61.8 Å². The zero-order chi connectivity index (χ0) is 15.6. The second kappa shape index (κ2) is 6.05. The highest BCUT2D eigenvalue weighted by molar-refractivity contribution is 7.10. The Morgan fingerprint density at radius 1 is 1.38 bits per heavy atom. The van der Waals surface area contributed by atoms with Crippen molar-refractivity contribution in [2.75, 3.05) is 7.05 Å². The van der Waals surface area contributed by atoms with Gasteiger partial charge in [0, 0.05) is 29.1 Å². The molecule has 0 saturated heterocycles. The maximum atomic E-state index is 12.5. The normalized spacial score (nSPS) is 12.0. The Hall–Kier alpha value is -2.21. The third kappa shape index (κ3) is 3.11. The van der Waals surface area contributed by atoms with Gasteiger partial charge in [0.2, 0.25) is 0 Å². The second-order valence-corrected chi connectivity index (χ2v) is 5.85. The van der Waals surface area contributed by atoms with E-state index in [4.69, 9.17) is 0 Å². The summed E-state index contributed by atoms with van der Waals surface area (Å²) in [6.45, 7) is 3.59. The Balaban J connectivity index is 2.27. The summed E-state index contributed by atoms with van der Waals surface area (Å²) in [5.74, 6) is -0.223. The molecule has 0 N–H and O–H groups in total. The average Bonchev–Trinajstić information content (AvgIpc) is 2.99. The molecule has 110 valence electrons. The van der Waals surface area contributed by atoms with Crippen LogP contribution >= 0.6 is 11.3 Å². The number of benzene rings is 1. The molecule has 5 nitrogen and oxygen atoms in total. The quantitative estimate of drug-likeness (QED) is 0.637. The van der Waals surface area contributed by atoms with Crippen molar-refractivity contribution in [2.24, 2.45) is 0 Å². The van der Waals surface area contributed by atoms with Crippen LogP contribution < -0.4 is 0 Å². The number of aryl methyl sites for hydroxylation is 1. The lowest BCUT2D eigenvalue weighted by atomic mass is 10.1. The lowest BCUT2D eigenvalue weighted by molar-refractivity contribution is -0.385. The van der Waals surface area contributed by atoms with E-state index >= 15 is 0 Å². The predicted octanol–water partition coefficient (Wildman–Crippen LogP) is 3.80. The van der Waals surface area contributed by atoms with Crippen LogP contribution in [0.15, 0.2) is 35.7 Å². The van der Waals surface area contributed by atoms with Gasteiger partial charge in [-0.2, -0.15) is 0 Å². The van der Waals surface area contributed by atoms with Crippen molar-refractivity contribution < 1.29 is 9.72 Å². The average molecular weight is 304 g/mol. The van der Waals surface area contributed by atoms with Crippen LogP contribution in [0.1, 0.15) is 33.8 Å². The van der Waals surface area contributed by atoms with Crippen LogP contribution in [0.25, 0.3) is 0 Å². The van der Waals surface area contributed by atoms with Crippen molar-refractivity contribution >= 4 is 22.9 Å². The Morgan fingerprint density at radius 2 is 2.10 bits per heavy atom. The van der Waals surface area contributed by atoms with Gasteiger partial charge in [-0.15, -0.1) is 11.3 Å². The minimum atomic E-state index is -0.463. The molecule has 2 aromatic rings. The zero-order valence-corrected chi connectivity index (χ0v) is 12.9. The Bertz CT molecular complexity index is 668. The van der Waals surface area contributed by atoms with Crippen LogP contribution in [0.3, 0.4) is 0 Å². The van der Waals surface area contributed by atoms with E-state index in [0.717, 1.165) is 4.88 Å². The fraction of sp³-hybridized carbons (Fsp3) is 0.267. The van der Waals surface area contributed by atoms with E-state index in [9.17, 15) is 14.9 Å². The van der Waals surface area contributed by atoms with E-state index in [1.165, 1.54) is 6.07 Å². The van der Waals surface area contributed by atoms with E-state index < -0.39 is 4.92 Å². The van der Waals surface area contributed by atoms with Crippen LogP contribution in [-0.4, -0.2) is 22.8 Å². The standard InChI is InChI=1S/C15H16N2O3S/c1-10-6-7-12(9-13(10)17(19)20)15(18)16(3)11(2)14-5-4-8-21-14/h4-9,11H,1-3H3/t11-/m1/s1. The molecule has 0 radical (unpaired) electrons. The van der Waals surface area contributed by atoms with E-state index in [-0.39, 0.29) is 17.6 Å². The van der Waals surface area contributed by atoms with Gasteiger partial charge in [0.15, 0.2) is 0 Å². The van der Waals surface area contributed by atoms with Gasteiger partial charge in [-0.05, 0) is 31.4 Å². The van der Waals surface area contributed by atoms with Crippen molar-refractivity contribution in [1.82, 2.24) is 4.90 Å². The smallest absolute Gasteiger partial charge is 0.273 e. The molecule has 6 heteroatoms. The topological polar surface area (TPSA) is 63.5 Å². The Kier molecular flexibility index (Phi) is 4.37. The van der Waals surface area contributed by atoms with Crippen molar-refractivity contribution in [3.63, 3.8) is 0 Å². The Morgan fingerprint density at radius 3 is 2.67 bits per heavy atom. The highest BCUT2D eigenvalue weighted by Crippen LogP contribution is 2.26. The first-order chi connectivity index (χ1) is 9.91. The fourth-order valence-electron chi connectivity index (χ4n) is 2.04. The van der Waals surface area contributed by atoms with Gasteiger partial charge in [0.1, 0.15) is 0 Å². The fourth-order valence-corrected chi connectivity index (χ4v) is 2.86. The Labute approximate surface area is 127 Å². The molecule has 1 heterocycles. The summed E-state index contributed by atoms with van der Waals surface area (Å²) in [5.41, 5.74) is 0.849. The monoisotopic (exact) mass is 304 g/mol. The molecule has 0 spiro atoms. The number of carbonyl (C=O) groups is 1. The highest BCUT2D eigenvalue weighted by Gasteiger charge is 2.22. The molecule has 21 heavy (non-hydrogen) atoms. The minimum absolute atomic E-state index is 0.0296. The summed E-state index contributed by atoms with van der Waals surface area (Å²) in [4.78, 5) is 25.7. The van der Waals surface area contributed by atoms with Crippen LogP contribution in [0.5, 0.6) is 0 Å². The molecule has 1 aromatic carbocycles. The third-order valence-corrected chi connectivity index (χ3v) is 4.55. The molecular formula is C15H16N2O3S. The molecular weight excluding hydrogens is 288 g/mol. The van der Waals surface area contributed by atoms with Crippen LogP contribution in [0, 0.1) is 17.0 Å². The zero-order valence-electron chi connectivity index (χ0n) is 12.1. The minimum Gasteiger partial charge on any atom is -0.334 e. The summed E-state index contributed by atoms with van der Waals surface area (Å²) in [6, 6.07) is 8.41. The number of rotatable bonds is 4. The van der Waals surface area contributed by atoms with Crippen LogP contribution in [0.2, 0.25) is 0 Å². The summed E-state index contributed by atoms with van der Waals surface area (Å²) in [5, 5.41) is 12.9. The molecule has 0 unspecified atom stereocenters. The van der Waals surface area contributed by atoms with Gasteiger partial charge in [0.05, 0.1) is 11.0 Å². The van der Waals surface area contributed by atoms with Crippen molar-refractivity contribution in [3.8, 4) is 0 Å². The van der Waals surface area contributed by atoms with Gasteiger partial charge in [-0.25, -0.2) is 0 Å². The molecule has 0 aliphatic heterocycles. The van der Waals surface area contributed by atoms with Crippen molar-refractivity contribution in [2.45, 2.75) is 19.9 Å². The summed E-state index contributed by atoms with van der Waals surface area (Å²) < 4.78 is 0. The first-order valence-electron chi connectivity index (χ1n) is 6.47. The number of nitro groups is 1. The molecule has 0 saturated carbocycles. The van der Waals surface area contributed by atoms with Gasteiger partial charge in [0.25, 0.3) is 11.6 Å². The molecule has 1 aromatic heterocycles. The lowest BCUT2D eigenvalue weighted by Gasteiger charge is -2.24. The highest BCUT2D eigenvalue weighted by atomic mass is 32.1. The summed E-state index contributed by atoms with van der Waals surface area (Å²) in [7, 11) is 1.71. The molecule has 0 aliphatic rings. The largest absolute Gasteiger partial charge is 0.334 e. The predicted molar refractivity (Wildman–Crippen MR) is 82.7 cm³/mol. The molecule has 0 aliphatic carbocycles. The van der Waals surface area contributed by atoms with Crippen LogP contribution in [-0.2, 0) is 0 Å². The number of hydrogen-bond acceptors (Lipinski definition) is 4. The number of thiophene rings is 1. The van der Waals surface area contributed by atoms with E-state index in [1.807, 2.05) is 24.4 Å². The second-order valence-electron chi connectivity index (χ2n) is 4.87. The van der Waals surface area contributed by atoms with E-state index in [1.54, 1.807) is 42.3 Å². The van der Waals surface area contributed by atoms with Gasteiger partial charge < -0.3 is 4.90 Å². The molecule has 1 atom stereocenters. The summed E-state index contributed by atoms with van der Waals surface area (Å²) in [6.07, 6.45) is 0. The SMILES string of the molecule is Cc1ccc(C(=O)N(C)[C@H](C)c2cccs2)cc1[N+](=O)[O-]. The van der Waals surface area contributed by atoms with Gasteiger partial charge in [-0.3, -0.25) is 14.9 Å². The number of carbonyl (C=O) groups excluding carboxylic acids is 1. The number of nitro benzene ring substituents is 1. The first kappa shape index (κ1) is 15.2. The molecule has 1 amide bonds.